The summed E-state index contributed by atoms with van der Waals surface area (Å²) in [7, 11) is 0. The molecule has 3 rings (SSSR count). The van der Waals surface area contributed by atoms with Crippen molar-refractivity contribution < 1.29 is 38.0 Å². The van der Waals surface area contributed by atoms with E-state index in [4.69, 9.17) is 28.4 Å². The fourth-order valence-corrected chi connectivity index (χ4v) is 4.90. The minimum absolute atomic E-state index is 0.118. The van der Waals surface area contributed by atoms with Crippen LogP contribution in [0, 0.1) is 0 Å². The van der Waals surface area contributed by atoms with E-state index in [1.807, 2.05) is 38.1 Å². The van der Waals surface area contributed by atoms with Crippen molar-refractivity contribution in [2.24, 2.45) is 0 Å². The average Bonchev–Trinajstić information content (AvgIpc) is 2.92. The van der Waals surface area contributed by atoms with Crippen LogP contribution in [0.3, 0.4) is 0 Å². The minimum atomic E-state index is -0.598. The number of esters is 2. The van der Waals surface area contributed by atoms with Crippen molar-refractivity contribution in [3.63, 3.8) is 0 Å². The summed E-state index contributed by atoms with van der Waals surface area (Å²) in [5.41, 5.74) is 2.30. The molecule has 8 nitrogen and oxygen atoms in total. The standard InChI is InChI=1S/C30H40O8/c1-5-33-22(3)37-28(31)20-35-26-14-10-24(11-15-26)30(18-8-7-9-19-30)25-12-16-27(17-13-25)36-21-29(32)38-23(4)34-6-2/h10-17,22-23H,5-9,18-21H2,1-4H3. The molecule has 1 aliphatic carbocycles. The van der Waals surface area contributed by atoms with E-state index in [-0.39, 0.29) is 18.6 Å². The van der Waals surface area contributed by atoms with Gasteiger partial charge in [-0.15, -0.1) is 0 Å². The van der Waals surface area contributed by atoms with Crippen LogP contribution in [0.4, 0.5) is 0 Å². The molecule has 0 N–H and O–H groups in total. The SMILES string of the molecule is CCOC(C)OC(=O)COc1ccc(C2(c3ccc(OCC(=O)OC(C)OCC)cc3)CCCCC2)cc1. The van der Waals surface area contributed by atoms with Gasteiger partial charge in [0.25, 0.3) is 0 Å². The second-order valence-electron chi connectivity index (χ2n) is 9.29. The van der Waals surface area contributed by atoms with Crippen LogP contribution in [0.2, 0.25) is 0 Å². The van der Waals surface area contributed by atoms with Crippen molar-refractivity contribution in [1.29, 1.82) is 0 Å². The van der Waals surface area contributed by atoms with Crippen molar-refractivity contribution in [2.45, 2.75) is 77.8 Å². The normalized spacial score (nSPS) is 16.2. The molecule has 0 amide bonds. The van der Waals surface area contributed by atoms with Crippen molar-refractivity contribution >= 4 is 11.9 Å². The maximum atomic E-state index is 12.0. The third-order valence-electron chi connectivity index (χ3n) is 6.63. The minimum Gasteiger partial charge on any atom is -0.482 e. The third kappa shape index (κ3) is 8.46. The number of benzene rings is 2. The maximum Gasteiger partial charge on any atom is 0.346 e. The first-order chi connectivity index (χ1) is 18.4. The van der Waals surface area contributed by atoms with Crippen LogP contribution in [0.5, 0.6) is 11.5 Å². The van der Waals surface area contributed by atoms with E-state index in [0.29, 0.717) is 24.7 Å². The summed E-state index contributed by atoms with van der Waals surface area (Å²) in [4.78, 5) is 23.9. The highest BCUT2D eigenvalue weighted by Gasteiger charge is 2.35. The number of hydrogen-bond acceptors (Lipinski definition) is 8. The Morgan fingerprint density at radius 3 is 1.45 bits per heavy atom. The quantitative estimate of drug-likeness (QED) is 0.233. The Balaban J connectivity index is 1.63. The van der Waals surface area contributed by atoms with E-state index >= 15 is 0 Å². The summed E-state index contributed by atoms with van der Waals surface area (Å²) < 4.78 is 32.0. The molecule has 0 saturated heterocycles. The van der Waals surface area contributed by atoms with Gasteiger partial charge >= 0.3 is 11.9 Å². The molecule has 208 valence electrons. The molecule has 2 aromatic carbocycles. The van der Waals surface area contributed by atoms with Crippen LogP contribution in [0.25, 0.3) is 0 Å². The lowest BCUT2D eigenvalue weighted by molar-refractivity contribution is -0.177. The van der Waals surface area contributed by atoms with Gasteiger partial charge < -0.3 is 28.4 Å². The van der Waals surface area contributed by atoms with Crippen LogP contribution < -0.4 is 9.47 Å². The Bertz CT molecular complexity index is 920. The topological polar surface area (TPSA) is 89.5 Å². The first-order valence-corrected chi connectivity index (χ1v) is 13.4. The lowest BCUT2D eigenvalue weighted by atomic mass is 9.65. The lowest BCUT2D eigenvalue weighted by Gasteiger charge is -2.38. The number of hydrogen-bond donors (Lipinski definition) is 0. The van der Waals surface area contributed by atoms with Gasteiger partial charge in [0.05, 0.1) is 0 Å². The van der Waals surface area contributed by atoms with Gasteiger partial charge in [-0.1, -0.05) is 43.5 Å². The van der Waals surface area contributed by atoms with Crippen molar-refractivity contribution in [2.75, 3.05) is 26.4 Å². The van der Waals surface area contributed by atoms with Gasteiger partial charge in [-0.25, -0.2) is 9.59 Å². The number of ether oxygens (including phenoxy) is 6. The molecular weight excluding hydrogens is 488 g/mol. The number of carbonyl (C=O) groups is 2. The summed E-state index contributed by atoms with van der Waals surface area (Å²) in [6.45, 7) is 7.62. The molecule has 1 aliphatic rings. The van der Waals surface area contributed by atoms with Gasteiger partial charge in [-0.05, 0) is 75.9 Å². The van der Waals surface area contributed by atoms with Crippen LogP contribution >= 0.6 is 0 Å². The molecule has 2 aromatic rings. The van der Waals surface area contributed by atoms with E-state index in [0.717, 1.165) is 25.7 Å². The molecule has 1 fully saturated rings. The molecule has 0 aromatic heterocycles. The Hall–Kier alpha value is -3.10. The zero-order valence-corrected chi connectivity index (χ0v) is 22.9. The van der Waals surface area contributed by atoms with E-state index in [9.17, 15) is 9.59 Å². The Kier molecular flexibility index (Phi) is 11.4. The van der Waals surface area contributed by atoms with Gasteiger partial charge in [-0.2, -0.15) is 0 Å². The molecule has 2 atom stereocenters. The fourth-order valence-electron chi connectivity index (χ4n) is 4.90. The molecule has 0 radical (unpaired) electrons. The molecule has 0 spiro atoms. The Morgan fingerprint density at radius 2 is 1.08 bits per heavy atom. The van der Waals surface area contributed by atoms with Gasteiger partial charge in [0.15, 0.2) is 25.8 Å². The first-order valence-electron chi connectivity index (χ1n) is 13.4. The summed E-state index contributed by atoms with van der Waals surface area (Å²) in [5, 5.41) is 0. The second-order valence-corrected chi connectivity index (χ2v) is 9.29. The average molecular weight is 529 g/mol. The molecule has 0 heterocycles. The lowest BCUT2D eigenvalue weighted by Crippen LogP contribution is -2.30. The smallest absolute Gasteiger partial charge is 0.346 e. The zero-order chi connectivity index (χ0) is 27.4. The zero-order valence-electron chi connectivity index (χ0n) is 22.9. The van der Waals surface area contributed by atoms with Gasteiger partial charge in [-0.3, -0.25) is 0 Å². The summed E-state index contributed by atoms with van der Waals surface area (Å²) in [5.74, 6) is 0.265. The van der Waals surface area contributed by atoms with Crippen molar-refractivity contribution in [3.05, 3.63) is 59.7 Å². The van der Waals surface area contributed by atoms with E-state index in [2.05, 4.69) is 24.3 Å². The van der Waals surface area contributed by atoms with Crippen LogP contribution in [-0.4, -0.2) is 50.9 Å². The highest BCUT2D eigenvalue weighted by molar-refractivity contribution is 5.71. The Morgan fingerprint density at radius 1 is 0.684 bits per heavy atom. The first kappa shape index (κ1) is 29.5. The summed E-state index contributed by atoms with van der Waals surface area (Å²) in [6, 6.07) is 15.9. The predicted octanol–water partition coefficient (Wildman–Crippen LogP) is 5.55. The van der Waals surface area contributed by atoms with Crippen molar-refractivity contribution in [3.8, 4) is 11.5 Å². The van der Waals surface area contributed by atoms with Crippen molar-refractivity contribution in [1.82, 2.24) is 0 Å². The number of carbonyl (C=O) groups excluding carboxylic acids is 2. The second kappa shape index (κ2) is 14.7. The fraction of sp³-hybridized carbons (Fsp3) is 0.533. The van der Waals surface area contributed by atoms with Gasteiger partial charge in [0.1, 0.15) is 11.5 Å². The van der Waals surface area contributed by atoms with E-state index in [1.54, 1.807) is 13.8 Å². The highest BCUT2D eigenvalue weighted by atomic mass is 16.7. The molecule has 2 unspecified atom stereocenters. The maximum absolute atomic E-state index is 12.0. The predicted molar refractivity (Wildman–Crippen MR) is 142 cm³/mol. The van der Waals surface area contributed by atoms with Crippen LogP contribution in [0.15, 0.2) is 48.5 Å². The third-order valence-corrected chi connectivity index (χ3v) is 6.63. The summed E-state index contributed by atoms with van der Waals surface area (Å²) >= 11 is 0. The summed E-state index contributed by atoms with van der Waals surface area (Å²) in [6.07, 6.45) is 4.38. The number of rotatable bonds is 14. The van der Waals surface area contributed by atoms with Gasteiger partial charge in [0.2, 0.25) is 0 Å². The molecular formula is C30H40O8. The van der Waals surface area contributed by atoms with E-state index in [1.165, 1.54) is 17.5 Å². The Labute approximate surface area is 225 Å². The van der Waals surface area contributed by atoms with Crippen LogP contribution in [0.1, 0.15) is 70.9 Å². The van der Waals surface area contributed by atoms with Gasteiger partial charge in [0, 0.05) is 18.6 Å². The molecule has 8 heteroatoms. The molecule has 0 bridgehead atoms. The van der Waals surface area contributed by atoms with Crippen LogP contribution in [-0.2, 0) is 34.0 Å². The molecule has 38 heavy (non-hydrogen) atoms. The largest absolute Gasteiger partial charge is 0.482 e. The monoisotopic (exact) mass is 528 g/mol. The molecule has 0 aliphatic heterocycles. The van der Waals surface area contributed by atoms with E-state index < -0.39 is 24.5 Å². The highest BCUT2D eigenvalue weighted by Crippen LogP contribution is 2.45. The molecule has 1 saturated carbocycles.